The zero-order valence-electron chi connectivity index (χ0n) is 10.5. The summed E-state index contributed by atoms with van der Waals surface area (Å²) in [7, 11) is 0. The lowest BCUT2D eigenvalue weighted by atomic mass is 10.2. The zero-order valence-corrected chi connectivity index (χ0v) is 10.5. The third-order valence-corrected chi connectivity index (χ3v) is 3.13. The van der Waals surface area contributed by atoms with E-state index in [1.807, 2.05) is 4.68 Å². The van der Waals surface area contributed by atoms with Gasteiger partial charge >= 0.3 is 0 Å². The summed E-state index contributed by atoms with van der Waals surface area (Å²) >= 11 is 0. The van der Waals surface area contributed by atoms with E-state index in [1.54, 1.807) is 19.3 Å². The molecule has 1 unspecified atom stereocenters. The predicted molar refractivity (Wildman–Crippen MR) is 65.9 cm³/mol. The maximum Gasteiger partial charge on any atom is 0.260 e. The molecular formula is C12H14N4O3. The van der Waals surface area contributed by atoms with Crippen LogP contribution in [0.4, 0.5) is 5.69 Å². The van der Waals surface area contributed by atoms with Gasteiger partial charge < -0.3 is 14.6 Å². The summed E-state index contributed by atoms with van der Waals surface area (Å²) in [5.74, 6) is 0.245. The molecular weight excluding hydrogens is 248 g/mol. The molecule has 7 nitrogen and oxygen atoms in total. The molecule has 1 atom stereocenters. The van der Waals surface area contributed by atoms with E-state index < -0.39 is 0 Å². The Labute approximate surface area is 109 Å². The van der Waals surface area contributed by atoms with Crippen LogP contribution in [0.3, 0.4) is 0 Å². The van der Waals surface area contributed by atoms with Gasteiger partial charge in [-0.3, -0.25) is 9.48 Å². The van der Waals surface area contributed by atoms with Crippen LogP contribution in [0.5, 0.6) is 0 Å². The van der Waals surface area contributed by atoms with E-state index in [0.29, 0.717) is 23.6 Å². The molecule has 0 bridgehead atoms. The van der Waals surface area contributed by atoms with Gasteiger partial charge in [0.15, 0.2) is 0 Å². The van der Waals surface area contributed by atoms with E-state index >= 15 is 0 Å². The number of nitrogens with zero attached hydrogens (tertiary/aromatic N) is 3. The summed E-state index contributed by atoms with van der Waals surface area (Å²) in [5.41, 5.74) is 1.08. The minimum absolute atomic E-state index is 0.249. The van der Waals surface area contributed by atoms with Crippen molar-refractivity contribution >= 4 is 11.6 Å². The molecule has 7 heteroatoms. The smallest absolute Gasteiger partial charge is 0.260 e. The number of rotatable bonds is 3. The molecule has 2 aromatic rings. The van der Waals surface area contributed by atoms with Gasteiger partial charge in [0.1, 0.15) is 11.3 Å². The van der Waals surface area contributed by atoms with Gasteiger partial charge in [-0.05, 0) is 13.3 Å². The standard InChI is InChI=1S/C12H14N4O3/c1-8-11(5-14-19-8)12(17)15-9-4-13-16(6-9)10-2-3-18-7-10/h4-6,10H,2-3,7H2,1H3,(H,15,17). The quantitative estimate of drug-likeness (QED) is 0.903. The molecule has 0 aromatic carbocycles. The maximum absolute atomic E-state index is 12.0. The number of anilines is 1. The van der Waals surface area contributed by atoms with Crippen molar-refractivity contribution in [3.63, 3.8) is 0 Å². The molecule has 1 fully saturated rings. The number of hydrogen-bond acceptors (Lipinski definition) is 5. The van der Waals surface area contributed by atoms with Crippen LogP contribution >= 0.6 is 0 Å². The molecule has 0 saturated carbocycles. The van der Waals surface area contributed by atoms with E-state index in [2.05, 4.69) is 15.6 Å². The topological polar surface area (TPSA) is 82.2 Å². The highest BCUT2D eigenvalue weighted by atomic mass is 16.5. The zero-order chi connectivity index (χ0) is 13.2. The molecule has 0 aliphatic carbocycles. The van der Waals surface area contributed by atoms with Crippen molar-refractivity contribution in [1.29, 1.82) is 0 Å². The Balaban J connectivity index is 1.70. The van der Waals surface area contributed by atoms with Crippen LogP contribution in [0, 0.1) is 6.92 Å². The molecule has 100 valence electrons. The van der Waals surface area contributed by atoms with Crippen molar-refractivity contribution < 1.29 is 14.1 Å². The second-order valence-corrected chi connectivity index (χ2v) is 4.48. The first kappa shape index (κ1) is 11.9. The minimum Gasteiger partial charge on any atom is -0.379 e. The Bertz CT molecular complexity index is 583. The second kappa shape index (κ2) is 4.85. The summed E-state index contributed by atoms with van der Waals surface area (Å²) in [5, 5.41) is 10.6. The third kappa shape index (κ3) is 2.37. The molecule has 1 N–H and O–H groups in total. The Kier molecular flexibility index (Phi) is 3.04. The summed E-state index contributed by atoms with van der Waals surface area (Å²) in [6.07, 6.45) is 5.78. The molecule has 3 heterocycles. The Morgan fingerprint density at radius 2 is 2.42 bits per heavy atom. The van der Waals surface area contributed by atoms with Crippen LogP contribution < -0.4 is 5.32 Å². The number of nitrogens with one attached hydrogen (secondary N) is 1. The van der Waals surface area contributed by atoms with E-state index in [0.717, 1.165) is 13.0 Å². The van der Waals surface area contributed by atoms with Gasteiger partial charge in [-0.15, -0.1) is 0 Å². The summed E-state index contributed by atoms with van der Waals surface area (Å²) in [4.78, 5) is 12.0. The van der Waals surface area contributed by atoms with Crippen LogP contribution in [-0.2, 0) is 4.74 Å². The summed E-state index contributed by atoms with van der Waals surface area (Å²) in [6, 6.07) is 0.253. The first-order valence-corrected chi connectivity index (χ1v) is 6.08. The van der Waals surface area contributed by atoms with E-state index in [4.69, 9.17) is 9.26 Å². The van der Waals surface area contributed by atoms with E-state index in [9.17, 15) is 4.79 Å². The molecule has 0 spiro atoms. The number of carbonyl (C=O) groups is 1. The third-order valence-electron chi connectivity index (χ3n) is 3.13. The SMILES string of the molecule is Cc1oncc1C(=O)Nc1cnn(C2CCOC2)c1. The van der Waals surface area contributed by atoms with E-state index in [-0.39, 0.29) is 11.9 Å². The van der Waals surface area contributed by atoms with Gasteiger partial charge in [-0.2, -0.15) is 5.10 Å². The fraction of sp³-hybridized carbons (Fsp3) is 0.417. The number of aromatic nitrogens is 3. The lowest BCUT2D eigenvalue weighted by molar-refractivity contribution is 0.102. The molecule has 1 aliphatic rings. The lowest BCUT2D eigenvalue weighted by Gasteiger charge is -2.06. The van der Waals surface area contributed by atoms with Crippen LogP contribution in [-0.4, -0.2) is 34.1 Å². The predicted octanol–water partition coefficient (Wildman–Crippen LogP) is 1.39. The molecule has 3 rings (SSSR count). The van der Waals surface area contributed by atoms with Gasteiger partial charge in [0, 0.05) is 12.8 Å². The van der Waals surface area contributed by atoms with Crippen molar-refractivity contribution in [2.75, 3.05) is 18.5 Å². The van der Waals surface area contributed by atoms with Gasteiger partial charge in [0.25, 0.3) is 5.91 Å². The van der Waals surface area contributed by atoms with Crippen LogP contribution in [0.15, 0.2) is 23.1 Å². The van der Waals surface area contributed by atoms with Gasteiger partial charge in [0.05, 0.1) is 30.7 Å². The highest BCUT2D eigenvalue weighted by molar-refractivity contribution is 6.04. The maximum atomic E-state index is 12.0. The van der Waals surface area contributed by atoms with Gasteiger partial charge in [0.2, 0.25) is 0 Å². The molecule has 1 amide bonds. The van der Waals surface area contributed by atoms with Crippen LogP contribution in [0.1, 0.15) is 28.6 Å². The second-order valence-electron chi connectivity index (χ2n) is 4.48. The van der Waals surface area contributed by atoms with Gasteiger partial charge in [-0.1, -0.05) is 5.16 Å². The largest absolute Gasteiger partial charge is 0.379 e. The highest BCUT2D eigenvalue weighted by Crippen LogP contribution is 2.20. The highest BCUT2D eigenvalue weighted by Gasteiger charge is 2.19. The van der Waals surface area contributed by atoms with Crippen molar-refractivity contribution in [2.24, 2.45) is 0 Å². The summed E-state index contributed by atoms with van der Waals surface area (Å²) in [6.45, 7) is 3.12. The lowest BCUT2D eigenvalue weighted by Crippen LogP contribution is -2.12. The van der Waals surface area contributed by atoms with Crippen molar-refractivity contribution in [3.05, 3.63) is 29.9 Å². The van der Waals surface area contributed by atoms with Crippen molar-refractivity contribution in [2.45, 2.75) is 19.4 Å². The Morgan fingerprint density at radius 3 is 3.11 bits per heavy atom. The fourth-order valence-electron chi connectivity index (χ4n) is 2.05. The normalized spacial score (nSPS) is 18.7. The summed E-state index contributed by atoms with van der Waals surface area (Å²) < 4.78 is 12.0. The van der Waals surface area contributed by atoms with Crippen molar-refractivity contribution in [3.8, 4) is 0 Å². The van der Waals surface area contributed by atoms with Crippen LogP contribution in [0.2, 0.25) is 0 Å². The number of hydrogen-bond donors (Lipinski definition) is 1. The monoisotopic (exact) mass is 262 g/mol. The number of ether oxygens (including phenoxy) is 1. The number of aryl methyl sites for hydroxylation is 1. The van der Waals surface area contributed by atoms with Crippen LogP contribution in [0.25, 0.3) is 0 Å². The number of amides is 1. The molecule has 1 saturated heterocycles. The first-order chi connectivity index (χ1) is 9.24. The number of carbonyl (C=O) groups excluding carboxylic acids is 1. The average molecular weight is 262 g/mol. The first-order valence-electron chi connectivity index (χ1n) is 6.08. The Morgan fingerprint density at radius 1 is 1.53 bits per heavy atom. The molecule has 1 aliphatic heterocycles. The Hall–Kier alpha value is -2.15. The minimum atomic E-state index is -0.249. The molecule has 19 heavy (non-hydrogen) atoms. The van der Waals surface area contributed by atoms with Gasteiger partial charge in [-0.25, -0.2) is 0 Å². The molecule has 2 aromatic heterocycles. The average Bonchev–Trinajstić information content (AvgIpc) is 3.07. The molecule has 0 radical (unpaired) electrons. The van der Waals surface area contributed by atoms with E-state index in [1.165, 1.54) is 6.20 Å². The fourth-order valence-corrected chi connectivity index (χ4v) is 2.05. The van der Waals surface area contributed by atoms with Crippen molar-refractivity contribution in [1.82, 2.24) is 14.9 Å².